The van der Waals surface area contributed by atoms with Crippen LogP contribution in [-0.4, -0.2) is 46.0 Å². The number of carbonyl (C=O) groups excluding carboxylic acids is 1. The number of para-hydroxylation sites is 1. The van der Waals surface area contributed by atoms with E-state index < -0.39 is 16.0 Å². The second-order valence-corrected chi connectivity index (χ2v) is 7.91. The zero-order chi connectivity index (χ0) is 15.1. The smallest absolute Gasteiger partial charge is 0.272 e. The Balaban J connectivity index is 1.89. The quantitative estimate of drug-likeness (QED) is 0.796. The van der Waals surface area contributed by atoms with Crippen LogP contribution < -0.4 is 4.74 Å². The molecule has 2 aliphatic rings. The standard InChI is InChI=1S/C15H19NO3S2/c1-14(18-2)9-10-21-15(20-3)12(13(17)16(14)15)19-11-7-5-4-6-8-11/h4-8,12H,9-10H2,1-3H3/t12-,14-,15+/m0/s1. The minimum absolute atomic E-state index is 0.00440. The van der Waals surface area contributed by atoms with Crippen molar-refractivity contribution in [3.05, 3.63) is 30.3 Å². The Bertz CT molecular complexity index is 541. The van der Waals surface area contributed by atoms with Gasteiger partial charge in [0.25, 0.3) is 5.91 Å². The lowest BCUT2D eigenvalue weighted by Gasteiger charge is -2.63. The van der Waals surface area contributed by atoms with Gasteiger partial charge in [-0.3, -0.25) is 9.69 Å². The van der Waals surface area contributed by atoms with Crippen LogP contribution >= 0.6 is 23.5 Å². The normalized spacial score (nSPS) is 35.1. The third-order valence-corrected chi connectivity index (χ3v) is 7.22. The number of fused-ring (bicyclic) bond motifs is 1. The summed E-state index contributed by atoms with van der Waals surface area (Å²) in [6, 6.07) is 9.52. The molecule has 4 nitrogen and oxygen atoms in total. The van der Waals surface area contributed by atoms with Crippen LogP contribution in [0.2, 0.25) is 0 Å². The van der Waals surface area contributed by atoms with Crippen LogP contribution in [0.25, 0.3) is 0 Å². The van der Waals surface area contributed by atoms with Gasteiger partial charge in [0.1, 0.15) is 11.5 Å². The molecular weight excluding hydrogens is 306 g/mol. The van der Waals surface area contributed by atoms with Crippen molar-refractivity contribution in [3.63, 3.8) is 0 Å². The molecule has 21 heavy (non-hydrogen) atoms. The molecule has 1 aromatic rings. The van der Waals surface area contributed by atoms with E-state index in [1.165, 1.54) is 0 Å². The number of rotatable bonds is 4. The Morgan fingerprint density at radius 3 is 2.71 bits per heavy atom. The van der Waals surface area contributed by atoms with Gasteiger partial charge < -0.3 is 9.47 Å². The van der Waals surface area contributed by atoms with Crippen molar-refractivity contribution in [3.8, 4) is 5.75 Å². The van der Waals surface area contributed by atoms with Gasteiger partial charge in [-0.05, 0) is 25.3 Å². The van der Waals surface area contributed by atoms with Gasteiger partial charge in [-0.1, -0.05) is 18.2 Å². The first-order valence-corrected chi connectivity index (χ1v) is 9.08. The van der Waals surface area contributed by atoms with E-state index >= 15 is 0 Å². The molecule has 0 saturated carbocycles. The molecule has 3 rings (SSSR count). The van der Waals surface area contributed by atoms with E-state index in [9.17, 15) is 4.79 Å². The summed E-state index contributed by atoms with van der Waals surface area (Å²) in [4.78, 5) is 14.5. The number of benzene rings is 1. The second kappa shape index (κ2) is 5.41. The van der Waals surface area contributed by atoms with E-state index in [1.807, 2.05) is 48.4 Å². The maximum Gasteiger partial charge on any atom is 0.272 e. The highest BCUT2D eigenvalue weighted by Gasteiger charge is 2.69. The predicted octanol–water partition coefficient (Wildman–Crippen LogP) is 2.79. The van der Waals surface area contributed by atoms with Crippen LogP contribution in [0.5, 0.6) is 5.75 Å². The first kappa shape index (κ1) is 15.1. The molecule has 2 heterocycles. The minimum Gasteiger partial charge on any atom is -0.476 e. The van der Waals surface area contributed by atoms with Gasteiger partial charge in [0.15, 0.2) is 4.20 Å². The van der Waals surface area contributed by atoms with E-state index in [0.29, 0.717) is 0 Å². The molecule has 2 fully saturated rings. The lowest BCUT2D eigenvalue weighted by molar-refractivity contribution is -0.209. The van der Waals surface area contributed by atoms with Gasteiger partial charge in [-0.25, -0.2) is 0 Å². The molecule has 0 aromatic heterocycles. The number of nitrogens with zero attached hydrogens (tertiary/aromatic N) is 1. The van der Waals surface area contributed by atoms with Gasteiger partial charge in [0, 0.05) is 19.3 Å². The Hall–Kier alpha value is -0.850. The molecule has 0 radical (unpaired) electrons. The van der Waals surface area contributed by atoms with Gasteiger partial charge in [-0.2, -0.15) is 0 Å². The third-order valence-electron chi connectivity index (χ3n) is 4.16. The van der Waals surface area contributed by atoms with Crippen molar-refractivity contribution in [2.24, 2.45) is 0 Å². The number of hydrogen-bond acceptors (Lipinski definition) is 5. The Morgan fingerprint density at radius 2 is 2.10 bits per heavy atom. The fourth-order valence-corrected chi connectivity index (χ4v) is 5.93. The molecule has 114 valence electrons. The lowest BCUT2D eigenvalue weighted by atomic mass is 10.0. The zero-order valence-corrected chi connectivity index (χ0v) is 14.0. The molecule has 0 bridgehead atoms. The van der Waals surface area contributed by atoms with Crippen LogP contribution in [0.4, 0.5) is 0 Å². The fourth-order valence-electron chi connectivity index (χ4n) is 2.89. The Labute approximate surface area is 133 Å². The average Bonchev–Trinajstić information content (AvgIpc) is 2.52. The molecule has 1 amide bonds. The fraction of sp³-hybridized carbons (Fsp3) is 0.533. The summed E-state index contributed by atoms with van der Waals surface area (Å²) in [6.07, 6.45) is 2.39. The summed E-state index contributed by atoms with van der Waals surface area (Å²) < 4.78 is 11.2. The van der Waals surface area contributed by atoms with E-state index in [0.717, 1.165) is 17.9 Å². The summed E-state index contributed by atoms with van der Waals surface area (Å²) in [6.45, 7) is 1.98. The predicted molar refractivity (Wildman–Crippen MR) is 86.4 cm³/mol. The van der Waals surface area contributed by atoms with Crippen LogP contribution in [0.3, 0.4) is 0 Å². The van der Waals surface area contributed by atoms with Crippen LogP contribution in [0.15, 0.2) is 30.3 Å². The molecule has 3 atom stereocenters. The molecule has 0 N–H and O–H groups in total. The van der Waals surface area contributed by atoms with Crippen molar-refractivity contribution >= 4 is 29.4 Å². The minimum atomic E-state index is -0.540. The monoisotopic (exact) mass is 325 g/mol. The first-order chi connectivity index (χ1) is 10.1. The molecule has 2 aliphatic heterocycles. The summed E-state index contributed by atoms with van der Waals surface area (Å²) in [7, 11) is 1.67. The lowest BCUT2D eigenvalue weighted by Crippen LogP contribution is -2.80. The van der Waals surface area contributed by atoms with E-state index in [2.05, 4.69) is 0 Å². The molecule has 0 aliphatic carbocycles. The van der Waals surface area contributed by atoms with Gasteiger partial charge in [-0.15, -0.1) is 23.5 Å². The summed E-state index contributed by atoms with van der Waals surface area (Å²) in [5.74, 6) is 1.68. The van der Waals surface area contributed by atoms with Gasteiger partial charge in [0.2, 0.25) is 6.10 Å². The van der Waals surface area contributed by atoms with Crippen LogP contribution in [0.1, 0.15) is 13.3 Å². The maximum absolute atomic E-state index is 12.6. The zero-order valence-electron chi connectivity index (χ0n) is 12.4. The summed E-state index contributed by atoms with van der Waals surface area (Å²) in [5, 5.41) is 0. The van der Waals surface area contributed by atoms with Crippen molar-refractivity contribution in [2.75, 3.05) is 19.1 Å². The summed E-state index contributed by atoms with van der Waals surface area (Å²) in [5.41, 5.74) is -0.540. The maximum atomic E-state index is 12.6. The molecule has 0 spiro atoms. The molecule has 6 heteroatoms. The first-order valence-electron chi connectivity index (χ1n) is 6.87. The van der Waals surface area contributed by atoms with Crippen molar-refractivity contribution < 1.29 is 14.3 Å². The Kier molecular flexibility index (Phi) is 3.88. The number of hydrogen-bond donors (Lipinski definition) is 0. The number of ether oxygens (including phenoxy) is 2. The topological polar surface area (TPSA) is 38.8 Å². The second-order valence-electron chi connectivity index (χ2n) is 5.30. The van der Waals surface area contributed by atoms with Crippen LogP contribution in [-0.2, 0) is 9.53 Å². The molecule has 1 aromatic carbocycles. The number of β-lactam (4-membered cyclic amide) rings is 1. The number of thioether (sulfide) groups is 2. The SMILES string of the molecule is CO[C@@]1(C)CCS[C@]2(SC)[C@@H](Oc3ccccc3)C(=O)N21. The summed E-state index contributed by atoms with van der Waals surface area (Å²) >= 11 is 3.43. The molecule has 2 saturated heterocycles. The van der Waals surface area contributed by atoms with Crippen molar-refractivity contribution in [2.45, 2.75) is 29.4 Å². The highest BCUT2D eigenvalue weighted by molar-refractivity contribution is 8.18. The van der Waals surface area contributed by atoms with Gasteiger partial charge >= 0.3 is 0 Å². The molecular formula is C15H19NO3S2. The van der Waals surface area contributed by atoms with Gasteiger partial charge in [0.05, 0.1) is 0 Å². The Morgan fingerprint density at radius 1 is 1.38 bits per heavy atom. The number of carbonyl (C=O) groups is 1. The van der Waals surface area contributed by atoms with E-state index in [1.54, 1.807) is 30.6 Å². The number of methoxy groups -OCH3 is 1. The van der Waals surface area contributed by atoms with E-state index in [4.69, 9.17) is 9.47 Å². The average molecular weight is 325 g/mol. The van der Waals surface area contributed by atoms with E-state index in [-0.39, 0.29) is 5.91 Å². The highest BCUT2D eigenvalue weighted by atomic mass is 32.2. The largest absolute Gasteiger partial charge is 0.476 e. The van der Waals surface area contributed by atoms with Crippen molar-refractivity contribution in [1.82, 2.24) is 4.90 Å². The third kappa shape index (κ3) is 2.15. The van der Waals surface area contributed by atoms with Crippen molar-refractivity contribution in [1.29, 1.82) is 0 Å². The number of amides is 1. The van der Waals surface area contributed by atoms with Crippen LogP contribution in [0, 0.1) is 0 Å². The highest BCUT2D eigenvalue weighted by Crippen LogP contribution is 2.58. The molecule has 0 unspecified atom stereocenters.